The van der Waals surface area contributed by atoms with Crippen LogP contribution in [0, 0.1) is 6.92 Å². The molecular weight excluding hydrogens is 323 g/mol. The van der Waals surface area contributed by atoms with E-state index < -0.39 is 11.2 Å². The molecule has 0 saturated heterocycles. The van der Waals surface area contributed by atoms with Gasteiger partial charge in [-0.1, -0.05) is 41.7 Å². The SMILES string of the molecule is CCc1c(Cl)[nH]c(=O)n(-c2cc(Cl)c(C)cc2Cl)c1=O. The molecule has 0 aliphatic heterocycles. The van der Waals surface area contributed by atoms with E-state index in [-0.39, 0.29) is 15.9 Å². The second-order valence-electron chi connectivity index (χ2n) is 4.27. The maximum absolute atomic E-state index is 12.3. The highest BCUT2D eigenvalue weighted by molar-refractivity contribution is 6.35. The minimum atomic E-state index is -0.654. The van der Waals surface area contributed by atoms with E-state index in [1.54, 1.807) is 19.9 Å². The third-order valence-corrected chi connectivity index (χ3v) is 4.00. The van der Waals surface area contributed by atoms with Gasteiger partial charge in [0.2, 0.25) is 0 Å². The van der Waals surface area contributed by atoms with E-state index in [4.69, 9.17) is 34.8 Å². The fraction of sp³-hybridized carbons (Fsp3) is 0.231. The Morgan fingerprint density at radius 2 is 1.80 bits per heavy atom. The fourth-order valence-electron chi connectivity index (χ4n) is 1.88. The molecule has 1 heterocycles. The molecule has 0 atom stereocenters. The lowest BCUT2D eigenvalue weighted by Crippen LogP contribution is -2.36. The molecule has 0 unspecified atom stereocenters. The van der Waals surface area contributed by atoms with Gasteiger partial charge in [0.1, 0.15) is 5.15 Å². The van der Waals surface area contributed by atoms with Crippen molar-refractivity contribution in [3.05, 3.63) is 59.3 Å². The van der Waals surface area contributed by atoms with Gasteiger partial charge >= 0.3 is 5.69 Å². The topological polar surface area (TPSA) is 54.9 Å². The average Bonchev–Trinajstić information content (AvgIpc) is 2.35. The number of rotatable bonds is 2. The van der Waals surface area contributed by atoms with E-state index >= 15 is 0 Å². The van der Waals surface area contributed by atoms with Crippen molar-refractivity contribution in [2.75, 3.05) is 0 Å². The van der Waals surface area contributed by atoms with Crippen LogP contribution in [0.4, 0.5) is 0 Å². The average molecular weight is 334 g/mol. The minimum absolute atomic E-state index is 0.0491. The molecule has 0 aliphatic rings. The maximum Gasteiger partial charge on any atom is 0.334 e. The zero-order valence-electron chi connectivity index (χ0n) is 10.8. The van der Waals surface area contributed by atoms with Gasteiger partial charge in [-0.2, -0.15) is 0 Å². The zero-order valence-corrected chi connectivity index (χ0v) is 13.0. The lowest BCUT2D eigenvalue weighted by atomic mass is 10.2. The van der Waals surface area contributed by atoms with Crippen LogP contribution in [0.3, 0.4) is 0 Å². The summed E-state index contributed by atoms with van der Waals surface area (Å²) in [4.78, 5) is 26.8. The largest absolute Gasteiger partial charge is 0.334 e. The molecule has 0 bridgehead atoms. The molecular formula is C13H11Cl3N2O2. The quantitative estimate of drug-likeness (QED) is 0.857. The number of nitrogens with zero attached hydrogens (tertiary/aromatic N) is 1. The van der Waals surface area contributed by atoms with Gasteiger partial charge in [0, 0.05) is 5.02 Å². The fourth-order valence-corrected chi connectivity index (χ4v) is 2.63. The molecule has 1 aromatic heterocycles. The van der Waals surface area contributed by atoms with Crippen molar-refractivity contribution in [1.82, 2.24) is 9.55 Å². The molecule has 0 amide bonds. The second kappa shape index (κ2) is 5.64. The molecule has 0 spiro atoms. The molecule has 7 heteroatoms. The number of aryl methyl sites for hydroxylation is 1. The van der Waals surface area contributed by atoms with Crippen LogP contribution in [0.25, 0.3) is 5.69 Å². The lowest BCUT2D eigenvalue weighted by Gasteiger charge is -2.11. The van der Waals surface area contributed by atoms with Crippen molar-refractivity contribution in [3.63, 3.8) is 0 Å². The van der Waals surface area contributed by atoms with E-state index in [1.807, 2.05) is 0 Å². The molecule has 0 aliphatic carbocycles. The van der Waals surface area contributed by atoms with Gasteiger partial charge in [0.25, 0.3) is 5.56 Å². The summed E-state index contributed by atoms with van der Waals surface area (Å²) in [6, 6.07) is 3.09. The number of aromatic amines is 1. The third kappa shape index (κ3) is 2.51. The van der Waals surface area contributed by atoms with Gasteiger partial charge in [0.15, 0.2) is 0 Å². The summed E-state index contributed by atoms with van der Waals surface area (Å²) >= 11 is 18.0. The first-order valence-corrected chi connectivity index (χ1v) is 7.00. The van der Waals surface area contributed by atoms with Crippen LogP contribution in [0.15, 0.2) is 21.7 Å². The molecule has 2 aromatic rings. The molecule has 0 saturated carbocycles. The van der Waals surface area contributed by atoms with Crippen LogP contribution >= 0.6 is 34.8 Å². The standard InChI is InChI=1S/C13H11Cl3N2O2/c1-3-7-11(16)17-13(20)18(12(7)19)10-5-8(14)6(2)4-9(10)15/h4-5H,3H2,1-2H3,(H,17,20). The van der Waals surface area contributed by atoms with Crippen molar-refractivity contribution < 1.29 is 0 Å². The third-order valence-electron chi connectivity index (χ3n) is 2.97. The van der Waals surface area contributed by atoms with E-state index in [9.17, 15) is 9.59 Å². The van der Waals surface area contributed by atoms with Crippen molar-refractivity contribution in [2.24, 2.45) is 0 Å². The summed E-state index contributed by atoms with van der Waals surface area (Å²) in [6.45, 7) is 3.55. The monoisotopic (exact) mass is 332 g/mol. The number of hydrogen-bond donors (Lipinski definition) is 1. The molecule has 4 nitrogen and oxygen atoms in total. The van der Waals surface area contributed by atoms with Crippen LogP contribution < -0.4 is 11.2 Å². The molecule has 20 heavy (non-hydrogen) atoms. The van der Waals surface area contributed by atoms with Gasteiger partial charge in [-0.15, -0.1) is 0 Å². The van der Waals surface area contributed by atoms with Gasteiger partial charge in [0.05, 0.1) is 16.3 Å². The minimum Gasteiger partial charge on any atom is -0.297 e. The van der Waals surface area contributed by atoms with E-state index in [2.05, 4.69) is 4.98 Å². The Hall–Kier alpha value is -1.23. The van der Waals surface area contributed by atoms with Crippen LogP contribution in [0.5, 0.6) is 0 Å². The number of hydrogen-bond acceptors (Lipinski definition) is 2. The second-order valence-corrected chi connectivity index (χ2v) is 5.46. The van der Waals surface area contributed by atoms with Crippen LogP contribution in [-0.4, -0.2) is 9.55 Å². The van der Waals surface area contributed by atoms with E-state index in [0.717, 1.165) is 10.1 Å². The summed E-state index contributed by atoms with van der Waals surface area (Å²) < 4.78 is 0.943. The number of nitrogens with one attached hydrogen (secondary N) is 1. The highest BCUT2D eigenvalue weighted by atomic mass is 35.5. The van der Waals surface area contributed by atoms with Crippen molar-refractivity contribution in [1.29, 1.82) is 0 Å². The predicted molar refractivity (Wildman–Crippen MR) is 81.8 cm³/mol. The van der Waals surface area contributed by atoms with Crippen LogP contribution in [-0.2, 0) is 6.42 Å². The molecule has 106 valence electrons. The van der Waals surface area contributed by atoms with E-state index in [0.29, 0.717) is 17.0 Å². The normalized spacial score (nSPS) is 10.8. The first-order valence-electron chi connectivity index (χ1n) is 5.86. The molecule has 0 fully saturated rings. The summed E-state index contributed by atoms with van der Waals surface area (Å²) in [7, 11) is 0. The number of halogens is 3. The van der Waals surface area contributed by atoms with Crippen LogP contribution in [0.2, 0.25) is 15.2 Å². The highest BCUT2D eigenvalue weighted by Crippen LogP contribution is 2.26. The molecule has 1 aromatic carbocycles. The Labute approximate surface area is 129 Å². The Morgan fingerprint density at radius 3 is 2.40 bits per heavy atom. The Bertz CT molecular complexity index is 793. The van der Waals surface area contributed by atoms with Gasteiger partial charge in [-0.3, -0.25) is 9.78 Å². The summed E-state index contributed by atoms with van der Waals surface area (Å²) in [5.74, 6) is 0. The van der Waals surface area contributed by atoms with Crippen molar-refractivity contribution in [3.8, 4) is 5.69 Å². The van der Waals surface area contributed by atoms with Gasteiger partial charge in [-0.05, 0) is 31.0 Å². The predicted octanol–water partition coefficient (Wildman–Crippen LogP) is 3.36. The molecule has 1 N–H and O–H groups in total. The summed E-state index contributed by atoms with van der Waals surface area (Å²) in [6.07, 6.45) is 0.395. The van der Waals surface area contributed by atoms with Crippen LogP contribution in [0.1, 0.15) is 18.1 Å². The van der Waals surface area contributed by atoms with Crippen molar-refractivity contribution in [2.45, 2.75) is 20.3 Å². The van der Waals surface area contributed by atoms with Crippen molar-refractivity contribution >= 4 is 34.8 Å². The number of aromatic nitrogens is 2. The summed E-state index contributed by atoms with van der Waals surface area (Å²) in [5, 5.41) is 0.737. The van der Waals surface area contributed by atoms with E-state index in [1.165, 1.54) is 6.07 Å². The molecule has 2 rings (SSSR count). The smallest absolute Gasteiger partial charge is 0.297 e. The maximum atomic E-state index is 12.3. The first-order chi connectivity index (χ1) is 9.36. The highest BCUT2D eigenvalue weighted by Gasteiger charge is 2.15. The lowest BCUT2D eigenvalue weighted by molar-refractivity contribution is 0.842. The number of benzene rings is 1. The summed E-state index contributed by atoms with van der Waals surface area (Å²) in [5.41, 5.74) is 0.163. The van der Waals surface area contributed by atoms with Gasteiger partial charge in [-0.25, -0.2) is 9.36 Å². The Kier molecular flexibility index (Phi) is 4.28. The molecule has 0 radical (unpaired) electrons. The number of H-pyrrole nitrogens is 1. The Balaban J connectivity index is 2.87. The zero-order chi connectivity index (χ0) is 15.0. The first kappa shape index (κ1) is 15.2. The van der Waals surface area contributed by atoms with Gasteiger partial charge < -0.3 is 0 Å². The Morgan fingerprint density at radius 1 is 1.15 bits per heavy atom.